The Hall–Kier alpha value is -2.12. The maximum atomic E-state index is 12.9. The monoisotopic (exact) mass is 328 g/mol. The van der Waals surface area contributed by atoms with Gasteiger partial charge < -0.3 is 4.74 Å². The Bertz CT molecular complexity index is 900. The Kier molecular flexibility index (Phi) is 3.66. The molecule has 4 rings (SSSR count). The average molecular weight is 328 g/mol. The van der Waals surface area contributed by atoms with Gasteiger partial charge in [0.25, 0.3) is 5.56 Å². The van der Waals surface area contributed by atoms with Crippen molar-refractivity contribution in [2.75, 3.05) is 19.5 Å². The lowest BCUT2D eigenvalue weighted by atomic mass is 10.1. The molecule has 1 saturated heterocycles. The van der Waals surface area contributed by atoms with Gasteiger partial charge in [0.2, 0.25) is 0 Å². The number of hydrogen-bond donors (Lipinski definition) is 0. The molecule has 1 aliphatic heterocycles. The van der Waals surface area contributed by atoms with Gasteiger partial charge in [-0.05, 0) is 18.4 Å². The van der Waals surface area contributed by atoms with Crippen molar-refractivity contribution in [3.05, 3.63) is 46.9 Å². The standard InChI is InChI=1S/C16H16N4O2S/c1-23-16-17-14-13(8-19(18-14)7-11-9-22-10-11)15(21)20(16)12-5-3-2-4-6-12/h2-6,8,11H,7,9-10H2,1H3. The molecule has 118 valence electrons. The van der Waals surface area contributed by atoms with Gasteiger partial charge in [-0.3, -0.25) is 14.0 Å². The first-order chi connectivity index (χ1) is 11.3. The SMILES string of the molecule is CSc1nc2nn(CC3COC3)cc2c(=O)n1-c1ccccc1. The van der Waals surface area contributed by atoms with Gasteiger partial charge in [-0.2, -0.15) is 5.10 Å². The highest BCUT2D eigenvalue weighted by molar-refractivity contribution is 7.98. The molecule has 1 aliphatic rings. The molecule has 3 aromatic rings. The second-order valence-electron chi connectivity index (χ2n) is 5.57. The van der Waals surface area contributed by atoms with E-state index >= 15 is 0 Å². The zero-order valence-electron chi connectivity index (χ0n) is 12.7. The van der Waals surface area contributed by atoms with Gasteiger partial charge >= 0.3 is 0 Å². The predicted molar refractivity (Wildman–Crippen MR) is 89.2 cm³/mol. The fourth-order valence-electron chi connectivity index (χ4n) is 2.68. The molecule has 0 saturated carbocycles. The van der Waals surface area contributed by atoms with Crippen LogP contribution in [0.5, 0.6) is 0 Å². The minimum atomic E-state index is -0.0818. The molecule has 0 atom stereocenters. The quantitative estimate of drug-likeness (QED) is 0.541. The smallest absolute Gasteiger partial charge is 0.269 e. The molecule has 1 fully saturated rings. The van der Waals surface area contributed by atoms with Gasteiger partial charge in [0, 0.05) is 18.7 Å². The summed E-state index contributed by atoms with van der Waals surface area (Å²) in [5, 5.41) is 5.65. The van der Waals surface area contributed by atoms with Crippen molar-refractivity contribution in [1.82, 2.24) is 19.3 Å². The van der Waals surface area contributed by atoms with E-state index in [-0.39, 0.29) is 5.56 Å². The number of para-hydroxylation sites is 1. The highest BCUT2D eigenvalue weighted by Crippen LogP contribution is 2.19. The zero-order valence-corrected chi connectivity index (χ0v) is 13.5. The van der Waals surface area contributed by atoms with Crippen molar-refractivity contribution < 1.29 is 4.74 Å². The van der Waals surface area contributed by atoms with E-state index in [0.29, 0.717) is 22.1 Å². The summed E-state index contributed by atoms with van der Waals surface area (Å²) >= 11 is 1.44. The number of rotatable bonds is 4. The number of aromatic nitrogens is 4. The lowest BCUT2D eigenvalue weighted by Crippen LogP contribution is -2.31. The minimum absolute atomic E-state index is 0.0818. The van der Waals surface area contributed by atoms with E-state index in [2.05, 4.69) is 10.1 Å². The summed E-state index contributed by atoms with van der Waals surface area (Å²) in [4.78, 5) is 17.5. The van der Waals surface area contributed by atoms with Crippen LogP contribution in [-0.2, 0) is 11.3 Å². The highest BCUT2D eigenvalue weighted by atomic mass is 32.2. The van der Waals surface area contributed by atoms with Crippen LogP contribution in [0.25, 0.3) is 16.7 Å². The number of benzene rings is 1. The maximum absolute atomic E-state index is 12.9. The predicted octanol–water partition coefficient (Wildman–Crippen LogP) is 1.95. The van der Waals surface area contributed by atoms with Crippen molar-refractivity contribution in [2.24, 2.45) is 5.92 Å². The minimum Gasteiger partial charge on any atom is -0.381 e. The summed E-state index contributed by atoms with van der Waals surface area (Å²) < 4.78 is 8.65. The van der Waals surface area contributed by atoms with Crippen molar-refractivity contribution in [3.8, 4) is 5.69 Å². The van der Waals surface area contributed by atoms with Gasteiger partial charge in [0.15, 0.2) is 10.8 Å². The van der Waals surface area contributed by atoms with Gasteiger partial charge in [0.05, 0.1) is 18.9 Å². The molecule has 23 heavy (non-hydrogen) atoms. The Morgan fingerprint density at radius 3 is 2.74 bits per heavy atom. The molecule has 1 aromatic carbocycles. The highest BCUT2D eigenvalue weighted by Gasteiger charge is 2.21. The van der Waals surface area contributed by atoms with E-state index in [4.69, 9.17) is 4.74 Å². The lowest BCUT2D eigenvalue weighted by molar-refractivity contribution is -0.0407. The normalized spacial score (nSPS) is 15.0. The second-order valence-corrected chi connectivity index (χ2v) is 6.34. The summed E-state index contributed by atoms with van der Waals surface area (Å²) in [6, 6.07) is 9.57. The van der Waals surface area contributed by atoms with Crippen LogP contribution in [0.1, 0.15) is 0 Å². The Morgan fingerprint density at radius 2 is 2.09 bits per heavy atom. The van der Waals surface area contributed by atoms with Crippen LogP contribution in [0.15, 0.2) is 46.5 Å². The molecule has 2 aromatic heterocycles. The number of hydrogen-bond acceptors (Lipinski definition) is 5. The summed E-state index contributed by atoms with van der Waals surface area (Å²) in [6.07, 6.45) is 3.71. The van der Waals surface area contributed by atoms with Crippen LogP contribution >= 0.6 is 11.8 Å². The molecule has 6 nitrogen and oxygen atoms in total. The van der Waals surface area contributed by atoms with Gasteiger partial charge in [-0.25, -0.2) is 4.98 Å². The third-order valence-corrected chi connectivity index (χ3v) is 4.56. The maximum Gasteiger partial charge on any atom is 0.269 e. The Balaban J connectivity index is 1.85. The molecule has 0 spiro atoms. The lowest BCUT2D eigenvalue weighted by Gasteiger charge is -2.25. The first kappa shape index (κ1) is 14.5. The summed E-state index contributed by atoms with van der Waals surface area (Å²) in [7, 11) is 0. The van der Waals surface area contributed by atoms with Crippen LogP contribution < -0.4 is 5.56 Å². The van der Waals surface area contributed by atoms with Crippen LogP contribution in [0.4, 0.5) is 0 Å². The zero-order chi connectivity index (χ0) is 15.8. The summed E-state index contributed by atoms with van der Waals surface area (Å²) in [5.74, 6) is 0.473. The fourth-order valence-corrected chi connectivity index (χ4v) is 3.23. The van der Waals surface area contributed by atoms with E-state index in [1.54, 1.807) is 10.8 Å². The molecular formula is C16H16N4O2S. The van der Waals surface area contributed by atoms with E-state index in [9.17, 15) is 4.79 Å². The van der Waals surface area contributed by atoms with Crippen LogP contribution in [0.2, 0.25) is 0 Å². The average Bonchev–Trinajstić information content (AvgIpc) is 2.95. The molecular weight excluding hydrogens is 312 g/mol. The van der Waals surface area contributed by atoms with E-state index < -0.39 is 0 Å². The third-order valence-electron chi connectivity index (χ3n) is 3.92. The molecule has 0 unspecified atom stereocenters. The van der Waals surface area contributed by atoms with Gasteiger partial charge in [-0.15, -0.1) is 0 Å². The van der Waals surface area contributed by atoms with Crippen molar-refractivity contribution in [3.63, 3.8) is 0 Å². The van der Waals surface area contributed by atoms with Crippen LogP contribution in [-0.4, -0.2) is 38.8 Å². The summed E-state index contributed by atoms with van der Waals surface area (Å²) in [5.41, 5.74) is 1.24. The molecule has 0 aliphatic carbocycles. The van der Waals surface area contributed by atoms with Gasteiger partial charge in [0.1, 0.15) is 5.39 Å². The third kappa shape index (κ3) is 2.55. The van der Waals surface area contributed by atoms with Crippen molar-refractivity contribution >= 4 is 22.8 Å². The van der Waals surface area contributed by atoms with E-state index in [1.165, 1.54) is 11.8 Å². The fraction of sp³-hybridized carbons (Fsp3) is 0.312. The first-order valence-electron chi connectivity index (χ1n) is 7.43. The Morgan fingerprint density at radius 1 is 1.30 bits per heavy atom. The number of thioether (sulfide) groups is 1. The number of ether oxygens (including phenoxy) is 1. The topological polar surface area (TPSA) is 61.9 Å². The van der Waals surface area contributed by atoms with E-state index in [0.717, 1.165) is 25.4 Å². The van der Waals surface area contributed by atoms with Gasteiger partial charge in [-0.1, -0.05) is 30.0 Å². The van der Waals surface area contributed by atoms with Crippen molar-refractivity contribution in [2.45, 2.75) is 11.7 Å². The van der Waals surface area contributed by atoms with Crippen LogP contribution in [0, 0.1) is 5.92 Å². The second kappa shape index (κ2) is 5.82. The molecule has 0 radical (unpaired) electrons. The molecule has 0 bridgehead atoms. The van der Waals surface area contributed by atoms with Crippen LogP contribution in [0.3, 0.4) is 0 Å². The first-order valence-corrected chi connectivity index (χ1v) is 8.66. The Labute approximate surface area is 137 Å². The van der Waals surface area contributed by atoms with E-state index in [1.807, 2.05) is 41.3 Å². The summed E-state index contributed by atoms with van der Waals surface area (Å²) in [6.45, 7) is 2.28. The largest absolute Gasteiger partial charge is 0.381 e. The number of fused-ring (bicyclic) bond motifs is 1. The number of nitrogens with zero attached hydrogens (tertiary/aromatic N) is 4. The molecule has 3 heterocycles. The molecule has 7 heteroatoms. The molecule has 0 N–H and O–H groups in total. The van der Waals surface area contributed by atoms with Crippen molar-refractivity contribution in [1.29, 1.82) is 0 Å². The molecule has 0 amide bonds.